The number of nitrogens with one attached hydrogen (secondary N) is 1. The number of likely N-dealkylation sites (tertiary alicyclic amines) is 1. The van der Waals surface area contributed by atoms with Crippen LogP contribution in [0.25, 0.3) is 0 Å². The molecule has 0 radical (unpaired) electrons. The molecule has 1 fully saturated rings. The van der Waals surface area contributed by atoms with Crippen molar-refractivity contribution in [2.75, 3.05) is 20.1 Å². The standard InChI is InChI=1S/C15H19ClN2O2.ClH/c1-17-12-4-6-18(7-5-12)15(19)14-9-10-8-11(16)2-3-13(10)20-14;/h2-3,8,12,14,17H,4-7,9H2,1H3;1H. The van der Waals surface area contributed by atoms with E-state index in [1.807, 2.05) is 24.1 Å². The van der Waals surface area contributed by atoms with Crippen molar-refractivity contribution in [3.05, 3.63) is 28.8 Å². The van der Waals surface area contributed by atoms with Crippen LogP contribution in [0.1, 0.15) is 18.4 Å². The molecule has 1 unspecified atom stereocenters. The van der Waals surface area contributed by atoms with Crippen molar-refractivity contribution in [3.8, 4) is 5.75 Å². The molecule has 0 aromatic heterocycles. The van der Waals surface area contributed by atoms with E-state index in [2.05, 4.69) is 5.32 Å². The van der Waals surface area contributed by atoms with Crippen molar-refractivity contribution in [2.45, 2.75) is 31.4 Å². The molecule has 6 heteroatoms. The number of benzene rings is 1. The number of fused-ring (bicyclic) bond motifs is 1. The molecule has 1 atom stereocenters. The lowest BCUT2D eigenvalue weighted by molar-refractivity contribution is -0.139. The molecule has 1 N–H and O–H groups in total. The van der Waals surface area contributed by atoms with Crippen LogP contribution < -0.4 is 10.1 Å². The molecule has 1 aromatic rings. The number of ether oxygens (including phenoxy) is 1. The van der Waals surface area contributed by atoms with Crippen LogP contribution in [-0.2, 0) is 11.2 Å². The molecule has 1 amide bonds. The van der Waals surface area contributed by atoms with Gasteiger partial charge < -0.3 is 15.0 Å². The molecule has 1 aromatic carbocycles. The van der Waals surface area contributed by atoms with Crippen LogP contribution in [-0.4, -0.2) is 43.1 Å². The Morgan fingerprint density at radius 2 is 2.10 bits per heavy atom. The minimum absolute atomic E-state index is 0. The molecule has 2 heterocycles. The predicted molar refractivity (Wildman–Crippen MR) is 85.5 cm³/mol. The zero-order valence-corrected chi connectivity index (χ0v) is 13.5. The molecule has 1 saturated heterocycles. The highest BCUT2D eigenvalue weighted by atomic mass is 35.5. The summed E-state index contributed by atoms with van der Waals surface area (Å²) in [4.78, 5) is 14.4. The van der Waals surface area contributed by atoms with Crippen LogP contribution >= 0.6 is 24.0 Å². The van der Waals surface area contributed by atoms with Gasteiger partial charge in [0.05, 0.1) is 0 Å². The molecular weight excluding hydrogens is 311 g/mol. The Morgan fingerprint density at radius 3 is 2.76 bits per heavy atom. The van der Waals surface area contributed by atoms with Crippen molar-refractivity contribution < 1.29 is 9.53 Å². The van der Waals surface area contributed by atoms with Gasteiger partial charge in [0.2, 0.25) is 0 Å². The Kier molecular flexibility index (Phi) is 5.36. The molecule has 0 saturated carbocycles. The summed E-state index contributed by atoms with van der Waals surface area (Å²) in [5.74, 6) is 0.893. The first-order chi connectivity index (χ1) is 9.67. The van der Waals surface area contributed by atoms with Gasteiger partial charge in [-0.1, -0.05) is 11.6 Å². The Morgan fingerprint density at radius 1 is 1.38 bits per heavy atom. The number of carbonyl (C=O) groups is 1. The van der Waals surface area contributed by atoms with E-state index in [9.17, 15) is 4.79 Å². The maximum Gasteiger partial charge on any atom is 0.263 e. The third kappa shape index (κ3) is 3.44. The fourth-order valence-corrected chi connectivity index (χ4v) is 3.14. The minimum atomic E-state index is -0.380. The topological polar surface area (TPSA) is 41.6 Å². The maximum absolute atomic E-state index is 12.5. The molecule has 0 spiro atoms. The van der Waals surface area contributed by atoms with Crippen molar-refractivity contribution in [1.82, 2.24) is 10.2 Å². The zero-order valence-electron chi connectivity index (χ0n) is 12.0. The fraction of sp³-hybridized carbons (Fsp3) is 0.533. The van der Waals surface area contributed by atoms with Crippen molar-refractivity contribution >= 4 is 29.9 Å². The van der Waals surface area contributed by atoms with E-state index < -0.39 is 0 Å². The Bertz CT molecular complexity index is 516. The van der Waals surface area contributed by atoms with E-state index in [4.69, 9.17) is 16.3 Å². The van der Waals surface area contributed by atoms with Gasteiger partial charge in [-0.15, -0.1) is 12.4 Å². The number of hydrogen-bond acceptors (Lipinski definition) is 3. The number of nitrogens with zero attached hydrogens (tertiary/aromatic N) is 1. The van der Waals surface area contributed by atoms with Gasteiger partial charge in [0.15, 0.2) is 6.10 Å². The van der Waals surface area contributed by atoms with E-state index in [0.717, 1.165) is 37.2 Å². The quantitative estimate of drug-likeness (QED) is 0.904. The van der Waals surface area contributed by atoms with Gasteiger partial charge >= 0.3 is 0 Å². The van der Waals surface area contributed by atoms with Gasteiger partial charge in [-0.25, -0.2) is 0 Å². The van der Waals surface area contributed by atoms with Gasteiger partial charge in [0, 0.05) is 30.6 Å². The van der Waals surface area contributed by atoms with Crippen molar-refractivity contribution in [3.63, 3.8) is 0 Å². The number of hydrogen-bond donors (Lipinski definition) is 1. The number of carbonyl (C=O) groups excluding carboxylic acids is 1. The second-order valence-electron chi connectivity index (χ2n) is 5.45. The van der Waals surface area contributed by atoms with Crippen LogP contribution in [0.15, 0.2) is 18.2 Å². The second-order valence-corrected chi connectivity index (χ2v) is 5.89. The van der Waals surface area contributed by atoms with E-state index in [-0.39, 0.29) is 24.4 Å². The lowest BCUT2D eigenvalue weighted by atomic mass is 10.0. The number of amides is 1. The first-order valence-electron chi connectivity index (χ1n) is 7.08. The highest BCUT2D eigenvalue weighted by Crippen LogP contribution is 2.32. The minimum Gasteiger partial charge on any atom is -0.480 e. The largest absolute Gasteiger partial charge is 0.480 e. The van der Waals surface area contributed by atoms with E-state index in [1.165, 1.54) is 0 Å². The molecule has 2 aliphatic heterocycles. The average Bonchev–Trinajstić information content (AvgIpc) is 2.89. The normalized spacial score (nSPS) is 21.4. The smallest absolute Gasteiger partial charge is 0.263 e. The SMILES string of the molecule is CNC1CCN(C(=O)C2Cc3cc(Cl)ccc3O2)CC1.Cl. The van der Waals surface area contributed by atoms with E-state index >= 15 is 0 Å². The Labute approximate surface area is 136 Å². The lowest BCUT2D eigenvalue weighted by Gasteiger charge is -2.33. The third-order valence-corrected chi connectivity index (χ3v) is 4.42. The number of piperidine rings is 1. The third-order valence-electron chi connectivity index (χ3n) is 4.19. The molecule has 21 heavy (non-hydrogen) atoms. The van der Waals surface area contributed by atoms with Crippen LogP contribution in [0, 0.1) is 0 Å². The fourth-order valence-electron chi connectivity index (χ4n) is 2.95. The molecule has 0 bridgehead atoms. The molecular formula is C15H20Cl2N2O2. The van der Waals surface area contributed by atoms with Crippen LogP contribution in [0.4, 0.5) is 0 Å². The second kappa shape index (κ2) is 6.86. The van der Waals surface area contributed by atoms with Crippen LogP contribution in [0.5, 0.6) is 5.75 Å². The number of halogens is 2. The lowest BCUT2D eigenvalue weighted by Crippen LogP contribution is -2.48. The first-order valence-corrected chi connectivity index (χ1v) is 7.46. The average molecular weight is 331 g/mol. The molecule has 0 aliphatic carbocycles. The van der Waals surface area contributed by atoms with Crippen LogP contribution in [0.3, 0.4) is 0 Å². The monoisotopic (exact) mass is 330 g/mol. The summed E-state index contributed by atoms with van der Waals surface area (Å²) < 4.78 is 5.76. The van der Waals surface area contributed by atoms with Crippen LogP contribution in [0.2, 0.25) is 5.02 Å². The summed E-state index contributed by atoms with van der Waals surface area (Å²) in [5.41, 5.74) is 1.03. The summed E-state index contributed by atoms with van der Waals surface area (Å²) in [6, 6.07) is 6.06. The first kappa shape index (κ1) is 16.4. The highest BCUT2D eigenvalue weighted by Gasteiger charge is 2.33. The van der Waals surface area contributed by atoms with E-state index in [1.54, 1.807) is 6.07 Å². The van der Waals surface area contributed by atoms with Gasteiger partial charge in [-0.05, 0) is 43.7 Å². The van der Waals surface area contributed by atoms with E-state index in [0.29, 0.717) is 17.5 Å². The summed E-state index contributed by atoms with van der Waals surface area (Å²) in [6.45, 7) is 1.61. The molecule has 3 rings (SSSR count). The molecule has 4 nitrogen and oxygen atoms in total. The molecule has 2 aliphatic rings. The van der Waals surface area contributed by atoms with Crippen molar-refractivity contribution in [1.29, 1.82) is 0 Å². The van der Waals surface area contributed by atoms with Gasteiger partial charge in [0.25, 0.3) is 5.91 Å². The number of rotatable bonds is 2. The summed E-state index contributed by atoms with van der Waals surface area (Å²) in [6.07, 6.45) is 2.26. The summed E-state index contributed by atoms with van der Waals surface area (Å²) in [7, 11) is 1.97. The zero-order chi connectivity index (χ0) is 14.1. The Hall–Kier alpha value is -0.970. The van der Waals surface area contributed by atoms with Crippen molar-refractivity contribution in [2.24, 2.45) is 0 Å². The highest BCUT2D eigenvalue weighted by molar-refractivity contribution is 6.30. The summed E-state index contributed by atoms with van der Waals surface area (Å²) >= 11 is 5.97. The van der Waals surface area contributed by atoms with Gasteiger partial charge in [-0.2, -0.15) is 0 Å². The Balaban J connectivity index is 0.00000161. The van der Waals surface area contributed by atoms with Gasteiger partial charge in [-0.3, -0.25) is 4.79 Å². The molecule has 116 valence electrons. The predicted octanol–water partition coefficient (Wildman–Crippen LogP) is 2.28. The maximum atomic E-state index is 12.5. The summed E-state index contributed by atoms with van der Waals surface area (Å²) in [5, 5.41) is 3.96. The van der Waals surface area contributed by atoms with Gasteiger partial charge in [0.1, 0.15) is 5.75 Å².